The minimum absolute atomic E-state index is 0.216. The molecule has 0 aliphatic carbocycles. The average Bonchev–Trinajstić information content (AvgIpc) is 2.31. The standard InChI is InChI=1S/C7H9N.C6H12O2/c8-6-7-4-2-1-3-5-7;1-2-3-4-5-6(7)8/h1-5H,6,8H2;2-5H2,1H3,(H,7,8). The normalized spacial score (nSPS) is 9.12. The number of hydrogen-bond donors (Lipinski definition) is 1. The van der Waals surface area contributed by atoms with E-state index in [9.17, 15) is 9.90 Å². The summed E-state index contributed by atoms with van der Waals surface area (Å²) in [5.74, 6) is -0.932. The van der Waals surface area contributed by atoms with Crippen molar-refractivity contribution in [1.29, 1.82) is 0 Å². The number of unbranched alkanes of at least 4 members (excludes halogenated alkanes) is 2. The van der Waals surface area contributed by atoms with Gasteiger partial charge in [0.1, 0.15) is 0 Å². The van der Waals surface area contributed by atoms with Gasteiger partial charge in [-0.2, -0.15) is 0 Å². The molecule has 1 aromatic carbocycles. The molecule has 0 atom stereocenters. The maximum Gasteiger partial charge on any atom is 0.0997 e. The Hall–Kier alpha value is -1.35. The van der Waals surface area contributed by atoms with Gasteiger partial charge in [-0.1, -0.05) is 50.1 Å². The summed E-state index contributed by atoms with van der Waals surface area (Å²) >= 11 is 0. The van der Waals surface area contributed by atoms with Gasteiger partial charge >= 0.3 is 0 Å². The van der Waals surface area contributed by atoms with Gasteiger partial charge in [0.25, 0.3) is 0 Å². The first-order valence-electron chi connectivity index (χ1n) is 5.73. The van der Waals surface area contributed by atoms with Crippen LogP contribution in [0.4, 0.5) is 0 Å². The Morgan fingerprint density at radius 1 is 1.25 bits per heavy atom. The number of rotatable bonds is 5. The third kappa shape index (κ3) is 9.21. The molecule has 0 amide bonds. The number of carboxylic acids is 1. The second-order valence-electron chi connectivity index (χ2n) is 3.56. The van der Waals surface area contributed by atoms with Gasteiger partial charge in [0.15, 0.2) is 0 Å². The van der Waals surface area contributed by atoms with Crippen molar-refractivity contribution in [3.63, 3.8) is 0 Å². The van der Waals surface area contributed by atoms with E-state index in [-0.39, 0.29) is 6.42 Å². The van der Waals surface area contributed by atoms with Crippen LogP contribution in [0.3, 0.4) is 0 Å². The first-order chi connectivity index (χ1) is 7.70. The van der Waals surface area contributed by atoms with E-state index in [1.54, 1.807) is 0 Å². The summed E-state index contributed by atoms with van der Waals surface area (Å²) in [6, 6.07) is 10.2. The second-order valence-corrected chi connectivity index (χ2v) is 3.56. The molecule has 0 aliphatic heterocycles. The van der Waals surface area contributed by atoms with Crippen LogP contribution in [-0.2, 0) is 11.3 Å². The fourth-order valence-electron chi connectivity index (χ4n) is 1.16. The summed E-state index contributed by atoms with van der Waals surface area (Å²) in [4.78, 5) is 9.76. The van der Waals surface area contributed by atoms with Crippen molar-refractivity contribution in [1.82, 2.24) is 0 Å². The average molecular weight is 223 g/mol. The topological polar surface area (TPSA) is 67.8 Å². The molecule has 0 bridgehead atoms. The molecule has 0 saturated carbocycles. The number of benzene rings is 1. The molecule has 0 unspecified atom stereocenters. The van der Waals surface area contributed by atoms with Crippen molar-refractivity contribution in [2.75, 3.05) is 0 Å². The van der Waals surface area contributed by atoms with Gasteiger partial charge < -0.3 is 15.6 Å². The fraction of sp³-hybridized carbons (Fsp3) is 0.462. The van der Waals surface area contributed by atoms with Crippen LogP contribution in [0.2, 0.25) is 0 Å². The lowest BCUT2D eigenvalue weighted by atomic mass is 10.2. The molecule has 0 spiro atoms. The molecule has 0 radical (unpaired) electrons. The van der Waals surface area contributed by atoms with Gasteiger partial charge in [-0.15, -0.1) is 0 Å². The number of carbonyl (C=O) groups is 1. The second kappa shape index (κ2) is 10.2. The van der Waals surface area contributed by atoms with E-state index >= 15 is 0 Å². The van der Waals surface area contributed by atoms with Gasteiger partial charge in [-0.3, -0.25) is 0 Å². The minimum atomic E-state index is -0.932. The van der Waals surface area contributed by atoms with Crippen LogP contribution in [0.1, 0.15) is 38.2 Å². The zero-order valence-electron chi connectivity index (χ0n) is 9.95. The number of carboxylic acid groups (broad SMARTS) is 1. The Balaban J connectivity index is 0.000000281. The number of aliphatic carboxylic acids is 1. The molecule has 0 heterocycles. The van der Waals surface area contributed by atoms with E-state index in [1.807, 2.05) is 25.1 Å². The van der Waals surface area contributed by atoms with Crippen molar-refractivity contribution in [2.45, 2.75) is 39.2 Å². The highest BCUT2D eigenvalue weighted by Crippen LogP contribution is 1.96. The summed E-state index contributed by atoms with van der Waals surface area (Å²) in [5.41, 5.74) is 5.05. The van der Waals surface area contributed by atoms with E-state index in [0.717, 1.165) is 25.8 Å². The fourth-order valence-corrected chi connectivity index (χ4v) is 1.16. The van der Waals surface area contributed by atoms with Crippen LogP contribution < -0.4 is 10.8 Å². The molecular weight excluding hydrogens is 202 g/mol. The largest absolute Gasteiger partial charge is 0.550 e. The zero-order chi connectivity index (χ0) is 12.2. The molecule has 0 aromatic heterocycles. The van der Waals surface area contributed by atoms with Gasteiger partial charge in [-0.05, 0) is 12.8 Å². The molecule has 3 heteroatoms. The monoisotopic (exact) mass is 223 g/mol. The summed E-state index contributed by atoms with van der Waals surface area (Å²) in [7, 11) is 0. The van der Waals surface area contributed by atoms with Gasteiger partial charge in [-0.25, -0.2) is 0 Å². The summed E-state index contributed by atoms with van der Waals surface area (Å²) in [5, 5.41) is 9.76. The van der Waals surface area contributed by atoms with Crippen LogP contribution >= 0.6 is 0 Å². The molecule has 0 fully saturated rings. The molecule has 90 valence electrons. The highest BCUT2D eigenvalue weighted by atomic mass is 16.4. The van der Waals surface area contributed by atoms with Gasteiger partial charge in [0.05, 0.1) is 6.54 Å². The first kappa shape index (κ1) is 14.6. The predicted octanol–water partition coefficient (Wildman–Crippen LogP) is 0.745. The summed E-state index contributed by atoms with van der Waals surface area (Å²) < 4.78 is 0. The third-order valence-corrected chi connectivity index (χ3v) is 2.12. The third-order valence-electron chi connectivity index (χ3n) is 2.12. The molecule has 1 rings (SSSR count). The van der Waals surface area contributed by atoms with Gasteiger partial charge in [0.2, 0.25) is 0 Å². The van der Waals surface area contributed by atoms with E-state index in [2.05, 4.69) is 17.9 Å². The van der Waals surface area contributed by atoms with Crippen molar-refractivity contribution >= 4 is 5.97 Å². The molecule has 3 N–H and O–H groups in total. The van der Waals surface area contributed by atoms with E-state index in [4.69, 9.17) is 0 Å². The SMILES string of the molecule is CCCCCC(=O)[O-].[NH3+]Cc1ccccc1. The van der Waals surface area contributed by atoms with Crippen LogP contribution in [0.15, 0.2) is 30.3 Å². The smallest absolute Gasteiger partial charge is 0.0997 e. The molecular formula is C13H21NO2. The van der Waals surface area contributed by atoms with E-state index in [0.29, 0.717) is 0 Å². The van der Waals surface area contributed by atoms with Crippen molar-refractivity contribution < 1.29 is 15.6 Å². The highest BCUT2D eigenvalue weighted by Gasteiger charge is 1.84. The highest BCUT2D eigenvalue weighted by molar-refractivity contribution is 5.63. The first-order valence-corrected chi connectivity index (χ1v) is 5.73. The zero-order valence-corrected chi connectivity index (χ0v) is 9.95. The molecule has 16 heavy (non-hydrogen) atoms. The van der Waals surface area contributed by atoms with Crippen molar-refractivity contribution in [2.24, 2.45) is 0 Å². The number of hydrogen-bond acceptors (Lipinski definition) is 2. The van der Waals surface area contributed by atoms with Crippen LogP contribution in [-0.4, -0.2) is 5.97 Å². The Morgan fingerprint density at radius 3 is 2.25 bits per heavy atom. The number of carbonyl (C=O) groups excluding carboxylic acids is 1. The van der Waals surface area contributed by atoms with Crippen molar-refractivity contribution in [3.8, 4) is 0 Å². The van der Waals surface area contributed by atoms with E-state index in [1.165, 1.54) is 5.56 Å². The maximum absolute atomic E-state index is 9.76. The van der Waals surface area contributed by atoms with Crippen LogP contribution in [0.5, 0.6) is 0 Å². The quantitative estimate of drug-likeness (QED) is 0.748. The lowest BCUT2D eigenvalue weighted by Gasteiger charge is -1.97. The maximum atomic E-state index is 9.76. The van der Waals surface area contributed by atoms with Crippen molar-refractivity contribution in [3.05, 3.63) is 35.9 Å². The lowest BCUT2D eigenvalue weighted by Crippen LogP contribution is -2.47. The van der Waals surface area contributed by atoms with Crippen LogP contribution in [0, 0.1) is 0 Å². The van der Waals surface area contributed by atoms with E-state index < -0.39 is 5.97 Å². The van der Waals surface area contributed by atoms with Gasteiger partial charge in [0, 0.05) is 11.5 Å². The predicted molar refractivity (Wildman–Crippen MR) is 62.2 cm³/mol. The number of quaternary nitrogens is 1. The Bertz CT molecular complexity index is 273. The Morgan fingerprint density at radius 2 is 1.88 bits per heavy atom. The summed E-state index contributed by atoms with van der Waals surface area (Å²) in [6.45, 7) is 2.93. The molecule has 0 aliphatic rings. The molecule has 1 aromatic rings. The summed E-state index contributed by atoms with van der Waals surface area (Å²) in [6.07, 6.45) is 3.04. The molecule has 0 saturated heterocycles. The minimum Gasteiger partial charge on any atom is -0.550 e. The molecule has 3 nitrogen and oxygen atoms in total. The Labute approximate surface area is 97.3 Å². The van der Waals surface area contributed by atoms with Crippen LogP contribution in [0.25, 0.3) is 0 Å². The lowest BCUT2D eigenvalue weighted by molar-refractivity contribution is -0.386. The Kier molecular flexibility index (Phi) is 9.32.